The van der Waals surface area contributed by atoms with E-state index in [0.29, 0.717) is 17.2 Å². The van der Waals surface area contributed by atoms with Gasteiger partial charge in [-0.05, 0) is 32.0 Å². The van der Waals surface area contributed by atoms with Gasteiger partial charge in [0.1, 0.15) is 0 Å². The number of aliphatic imine (C=N–C) groups is 1. The molecule has 2 aromatic carbocycles. The van der Waals surface area contributed by atoms with Crippen LogP contribution in [-0.2, 0) is 0 Å². The number of nitrogens with one attached hydrogen (secondary N) is 2. The van der Waals surface area contributed by atoms with Crippen LogP contribution in [0.1, 0.15) is 23.0 Å². The van der Waals surface area contributed by atoms with Crippen molar-refractivity contribution >= 4 is 34.9 Å². The minimum absolute atomic E-state index is 0.147. The van der Waals surface area contributed by atoms with Crippen molar-refractivity contribution in [1.29, 1.82) is 0 Å². The number of nitro groups is 1. The Morgan fingerprint density at radius 3 is 2.60 bits per heavy atom. The fraction of sp³-hybridized carbons (Fsp3) is 0.150. The van der Waals surface area contributed by atoms with Crippen LogP contribution >= 0.6 is 11.6 Å². The lowest BCUT2D eigenvalue weighted by Crippen LogP contribution is -2.37. The number of non-ortho nitro benzene ring substituents is 1. The number of hydrogen-bond donors (Lipinski definition) is 2. The second-order valence-electron chi connectivity index (χ2n) is 6.86. The lowest BCUT2D eigenvalue weighted by Gasteiger charge is -2.27. The number of anilines is 2. The van der Waals surface area contributed by atoms with Gasteiger partial charge in [0.25, 0.3) is 11.2 Å². The van der Waals surface area contributed by atoms with E-state index >= 15 is 0 Å². The molecule has 0 amide bonds. The van der Waals surface area contributed by atoms with Crippen LogP contribution in [0.25, 0.3) is 0 Å². The first-order chi connectivity index (χ1) is 14.3. The third-order valence-electron chi connectivity index (χ3n) is 4.59. The first-order valence-corrected chi connectivity index (χ1v) is 9.42. The fourth-order valence-corrected chi connectivity index (χ4v) is 3.35. The molecule has 0 radical (unpaired) electrons. The van der Waals surface area contributed by atoms with E-state index in [-0.39, 0.29) is 22.2 Å². The zero-order valence-corrected chi connectivity index (χ0v) is 16.8. The summed E-state index contributed by atoms with van der Waals surface area (Å²) in [5.74, 6) is 0.598. The van der Waals surface area contributed by atoms with Crippen LogP contribution in [-0.4, -0.2) is 20.4 Å². The Bertz CT molecular complexity index is 1240. The van der Waals surface area contributed by atoms with Gasteiger partial charge in [0.05, 0.1) is 4.92 Å². The minimum atomic E-state index is -0.929. The number of fused-ring (bicyclic) bond motifs is 1. The standard InChI is InChI=1S/C20H17ClN6O3/c1-11-3-5-13(6-4-11)23-19-24-18(15-10-14(27(29)30)7-8-16(15)21)26-17(28)9-12(2)22-20(26)25-19/h3-10,18H,1-2H3,(H2,22,23,24,25)/t18-/m1/s1. The molecular weight excluding hydrogens is 408 g/mol. The highest BCUT2D eigenvalue weighted by molar-refractivity contribution is 6.31. The van der Waals surface area contributed by atoms with Crippen molar-refractivity contribution in [3.63, 3.8) is 0 Å². The number of rotatable bonds is 3. The molecule has 1 aromatic heterocycles. The summed E-state index contributed by atoms with van der Waals surface area (Å²) in [4.78, 5) is 32.4. The highest BCUT2D eigenvalue weighted by Crippen LogP contribution is 2.33. The summed E-state index contributed by atoms with van der Waals surface area (Å²) in [5, 5.41) is 17.7. The summed E-state index contributed by atoms with van der Waals surface area (Å²) in [6.07, 6.45) is -0.929. The molecule has 0 aliphatic carbocycles. The molecule has 4 rings (SSSR count). The second-order valence-corrected chi connectivity index (χ2v) is 7.27. The number of aromatic nitrogens is 2. The Hall–Kier alpha value is -3.72. The van der Waals surface area contributed by atoms with Gasteiger partial charge in [0.2, 0.25) is 11.9 Å². The molecular formula is C20H17ClN6O3. The summed E-state index contributed by atoms with van der Waals surface area (Å²) in [6, 6.07) is 13.1. The van der Waals surface area contributed by atoms with Crippen LogP contribution in [0.4, 0.5) is 17.3 Å². The Morgan fingerprint density at radius 1 is 1.17 bits per heavy atom. The Balaban J connectivity index is 1.85. The van der Waals surface area contributed by atoms with Crippen molar-refractivity contribution in [3.8, 4) is 0 Å². The highest BCUT2D eigenvalue weighted by atomic mass is 35.5. The third-order valence-corrected chi connectivity index (χ3v) is 4.93. The van der Waals surface area contributed by atoms with Gasteiger partial charge in [-0.15, -0.1) is 0 Å². The van der Waals surface area contributed by atoms with Crippen molar-refractivity contribution in [2.45, 2.75) is 20.0 Å². The molecule has 152 valence electrons. The van der Waals surface area contributed by atoms with Crippen LogP contribution in [0.5, 0.6) is 0 Å². The van der Waals surface area contributed by atoms with Crippen molar-refractivity contribution in [2.75, 3.05) is 10.6 Å². The Kier molecular flexibility index (Phi) is 4.96. The van der Waals surface area contributed by atoms with Gasteiger partial charge < -0.3 is 5.32 Å². The number of halogens is 1. The second kappa shape index (κ2) is 7.60. The largest absolute Gasteiger partial charge is 0.326 e. The number of hydrogen-bond acceptors (Lipinski definition) is 7. The van der Waals surface area contributed by atoms with Crippen molar-refractivity contribution < 1.29 is 4.92 Å². The number of nitro benzene ring substituents is 1. The lowest BCUT2D eigenvalue weighted by atomic mass is 10.1. The van der Waals surface area contributed by atoms with E-state index < -0.39 is 11.1 Å². The van der Waals surface area contributed by atoms with Crippen molar-refractivity contribution in [1.82, 2.24) is 9.55 Å². The molecule has 1 aliphatic heterocycles. The van der Waals surface area contributed by atoms with Crippen LogP contribution < -0.4 is 16.2 Å². The van der Waals surface area contributed by atoms with Crippen LogP contribution in [0, 0.1) is 24.0 Å². The van der Waals surface area contributed by atoms with Gasteiger partial charge in [-0.3, -0.25) is 24.8 Å². The SMILES string of the molecule is Cc1ccc(NC2=N[C@@H](c3cc([N+](=O)[O-])ccc3Cl)n3c(nc(C)cc3=O)N2)cc1. The molecule has 1 aliphatic rings. The van der Waals surface area contributed by atoms with Gasteiger partial charge in [0, 0.05) is 40.2 Å². The van der Waals surface area contributed by atoms with Crippen LogP contribution in [0.2, 0.25) is 5.02 Å². The summed E-state index contributed by atoms with van der Waals surface area (Å²) in [5.41, 5.74) is 2.24. The number of benzene rings is 2. The summed E-state index contributed by atoms with van der Waals surface area (Å²) in [7, 11) is 0. The van der Waals surface area contributed by atoms with Crippen molar-refractivity contribution in [3.05, 3.63) is 90.8 Å². The topological polar surface area (TPSA) is 114 Å². The maximum Gasteiger partial charge on any atom is 0.269 e. The van der Waals surface area contributed by atoms with Gasteiger partial charge in [-0.25, -0.2) is 9.98 Å². The van der Waals surface area contributed by atoms with E-state index in [4.69, 9.17) is 11.6 Å². The van der Waals surface area contributed by atoms with E-state index in [9.17, 15) is 14.9 Å². The van der Waals surface area contributed by atoms with Gasteiger partial charge in [-0.2, -0.15) is 0 Å². The molecule has 9 nitrogen and oxygen atoms in total. The zero-order chi connectivity index (χ0) is 21.4. The molecule has 0 unspecified atom stereocenters. The lowest BCUT2D eigenvalue weighted by molar-refractivity contribution is -0.384. The van der Waals surface area contributed by atoms with Gasteiger partial charge in [-0.1, -0.05) is 29.3 Å². The average Bonchev–Trinajstić information content (AvgIpc) is 2.69. The van der Waals surface area contributed by atoms with Crippen LogP contribution in [0.3, 0.4) is 0 Å². The summed E-state index contributed by atoms with van der Waals surface area (Å²) < 4.78 is 1.32. The maximum absolute atomic E-state index is 12.7. The fourth-order valence-electron chi connectivity index (χ4n) is 3.14. The summed E-state index contributed by atoms with van der Waals surface area (Å²) in [6.45, 7) is 3.69. The number of guanidine groups is 1. The van der Waals surface area contributed by atoms with E-state index in [1.54, 1.807) is 6.92 Å². The number of nitrogens with zero attached hydrogens (tertiary/aromatic N) is 4. The van der Waals surface area contributed by atoms with Gasteiger partial charge >= 0.3 is 0 Å². The normalized spacial score (nSPS) is 15.0. The van der Waals surface area contributed by atoms with E-state index in [1.807, 2.05) is 31.2 Å². The molecule has 2 heterocycles. The molecule has 0 saturated carbocycles. The molecule has 0 fully saturated rings. The molecule has 1 atom stereocenters. The predicted molar refractivity (Wildman–Crippen MR) is 115 cm³/mol. The first kappa shape index (κ1) is 19.6. The number of aryl methyl sites for hydroxylation is 2. The molecule has 0 saturated heterocycles. The minimum Gasteiger partial charge on any atom is -0.326 e. The highest BCUT2D eigenvalue weighted by Gasteiger charge is 2.28. The quantitative estimate of drug-likeness (QED) is 0.487. The van der Waals surface area contributed by atoms with E-state index in [0.717, 1.165) is 11.3 Å². The van der Waals surface area contributed by atoms with Crippen molar-refractivity contribution in [2.24, 2.45) is 4.99 Å². The monoisotopic (exact) mass is 424 g/mol. The molecule has 0 bridgehead atoms. The zero-order valence-electron chi connectivity index (χ0n) is 16.1. The molecule has 10 heteroatoms. The molecule has 30 heavy (non-hydrogen) atoms. The van der Waals surface area contributed by atoms with Crippen LogP contribution in [0.15, 0.2) is 58.3 Å². The Morgan fingerprint density at radius 2 is 1.90 bits per heavy atom. The maximum atomic E-state index is 12.7. The first-order valence-electron chi connectivity index (χ1n) is 9.04. The third kappa shape index (κ3) is 3.74. The van der Waals surface area contributed by atoms with E-state index in [2.05, 4.69) is 20.6 Å². The summed E-state index contributed by atoms with van der Waals surface area (Å²) >= 11 is 6.34. The average molecular weight is 425 g/mol. The Labute approximate surface area is 176 Å². The predicted octanol–water partition coefficient (Wildman–Crippen LogP) is 3.86. The smallest absolute Gasteiger partial charge is 0.269 e. The molecule has 0 spiro atoms. The molecule has 2 N–H and O–H groups in total. The van der Waals surface area contributed by atoms with E-state index in [1.165, 1.54) is 28.8 Å². The van der Waals surface area contributed by atoms with Gasteiger partial charge in [0.15, 0.2) is 6.17 Å². The molecule has 3 aromatic rings.